The Morgan fingerprint density at radius 2 is 2.12 bits per heavy atom. The van der Waals surface area contributed by atoms with E-state index in [9.17, 15) is 4.79 Å². The van der Waals surface area contributed by atoms with Crippen molar-refractivity contribution in [2.45, 2.75) is 6.92 Å². The van der Waals surface area contributed by atoms with Gasteiger partial charge in [-0.1, -0.05) is 24.3 Å². The number of hydrogen-bond acceptors (Lipinski definition) is 3. The first-order valence-corrected chi connectivity index (χ1v) is 4.92. The Labute approximate surface area is 93.3 Å². The lowest BCUT2D eigenvalue weighted by Crippen LogP contribution is -2.00. The predicted octanol–water partition coefficient (Wildman–Crippen LogP) is 2.17. The molecule has 0 saturated heterocycles. The van der Waals surface area contributed by atoms with Crippen molar-refractivity contribution >= 4 is 5.97 Å². The number of esters is 1. The highest BCUT2D eigenvalue weighted by molar-refractivity contribution is 5.88. The lowest BCUT2D eigenvalue weighted by Gasteiger charge is -1.99. The maximum absolute atomic E-state index is 11.2. The zero-order valence-electron chi connectivity index (χ0n) is 9.15. The van der Waals surface area contributed by atoms with Gasteiger partial charge in [0.25, 0.3) is 0 Å². The zero-order chi connectivity index (χ0) is 11.5. The fraction of sp³-hybridized carbons (Fsp3) is 0.167. The molecule has 4 heteroatoms. The lowest BCUT2D eigenvalue weighted by molar-refractivity contribution is 0.0594. The molecule has 0 amide bonds. The predicted molar refractivity (Wildman–Crippen MR) is 60.1 cm³/mol. The molecule has 0 atom stereocenters. The number of carbonyl (C=O) groups is 1. The molecule has 1 N–H and O–H groups in total. The summed E-state index contributed by atoms with van der Waals surface area (Å²) in [4.78, 5) is 11.2. The molecule has 2 rings (SSSR count). The third-order valence-corrected chi connectivity index (χ3v) is 2.40. The van der Waals surface area contributed by atoms with E-state index in [2.05, 4.69) is 14.9 Å². The summed E-state index contributed by atoms with van der Waals surface area (Å²) in [7, 11) is 1.34. The van der Waals surface area contributed by atoms with Crippen LogP contribution in [0.4, 0.5) is 0 Å². The molecular weight excluding hydrogens is 204 g/mol. The summed E-state index contributed by atoms with van der Waals surface area (Å²) in [5, 5.41) is 6.75. The Balaban J connectivity index is 2.39. The first-order valence-electron chi connectivity index (χ1n) is 4.92. The molecule has 0 unspecified atom stereocenters. The number of aromatic amines is 1. The van der Waals surface area contributed by atoms with E-state index >= 15 is 0 Å². The van der Waals surface area contributed by atoms with Gasteiger partial charge >= 0.3 is 5.97 Å². The van der Waals surface area contributed by atoms with Crippen LogP contribution < -0.4 is 0 Å². The Morgan fingerprint density at radius 1 is 1.38 bits per heavy atom. The average Bonchev–Trinajstić information content (AvgIpc) is 2.78. The van der Waals surface area contributed by atoms with Gasteiger partial charge in [0.05, 0.1) is 12.8 Å². The molecule has 82 valence electrons. The summed E-state index contributed by atoms with van der Waals surface area (Å²) in [6.45, 7) is 2.00. The molecule has 0 bridgehead atoms. The van der Waals surface area contributed by atoms with Gasteiger partial charge in [-0.3, -0.25) is 5.10 Å². The molecule has 1 aromatic carbocycles. The summed E-state index contributed by atoms with van der Waals surface area (Å²) in [6, 6.07) is 9.56. The second kappa shape index (κ2) is 4.18. The van der Waals surface area contributed by atoms with Crippen LogP contribution in [0.2, 0.25) is 0 Å². The molecule has 1 heterocycles. The minimum atomic E-state index is -0.410. The topological polar surface area (TPSA) is 55.0 Å². The third kappa shape index (κ3) is 1.82. The number of aryl methyl sites for hydroxylation is 1. The number of aromatic nitrogens is 2. The second-order valence-electron chi connectivity index (χ2n) is 3.47. The van der Waals surface area contributed by atoms with E-state index in [1.165, 1.54) is 7.11 Å². The molecule has 1 aromatic heterocycles. The van der Waals surface area contributed by atoms with Crippen LogP contribution in [0.15, 0.2) is 30.3 Å². The number of H-pyrrole nitrogens is 1. The van der Waals surface area contributed by atoms with Gasteiger partial charge in [0, 0.05) is 5.56 Å². The molecule has 0 aliphatic carbocycles. The quantitative estimate of drug-likeness (QED) is 0.783. The SMILES string of the molecule is COC(=O)c1cc(-c2ccccc2C)n[nH]1. The van der Waals surface area contributed by atoms with E-state index in [0.29, 0.717) is 5.69 Å². The van der Waals surface area contributed by atoms with Crippen LogP contribution in [0.25, 0.3) is 11.3 Å². The van der Waals surface area contributed by atoms with Crippen molar-refractivity contribution in [3.05, 3.63) is 41.6 Å². The van der Waals surface area contributed by atoms with E-state index in [4.69, 9.17) is 0 Å². The number of rotatable bonds is 2. The number of ether oxygens (including phenoxy) is 1. The van der Waals surface area contributed by atoms with Crippen molar-refractivity contribution < 1.29 is 9.53 Å². The monoisotopic (exact) mass is 216 g/mol. The van der Waals surface area contributed by atoms with Gasteiger partial charge in [-0.15, -0.1) is 0 Å². The van der Waals surface area contributed by atoms with Gasteiger partial charge in [0.15, 0.2) is 0 Å². The number of methoxy groups -OCH3 is 1. The maximum Gasteiger partial charge on any atom is 0.356 e. The summed E-state index contributed by atoms with van der Waals surface area (Å²) >= 11 is 0. The first-order chi connectivity index (χ1) is 7.72. The Hall–Kier alpha value is -2.10. The number of nitrogens with zero attached hydrogens (tertiary/aromatic N) is 1. The van der Waals surface area contributed by atoms with Crippen molar-refractivity contribution in [1.29, 1.82) is 0 Å². The van der Waals surface area contributed by atoms with Crippen LogP contribution in [0.5, 0.6) is 0 Å². The molecule has 16 heavy (non-hydrogen) atoms. The van der Waals surface area contributed by atoms with Crippen LogP contribution >= 0.6 is 0 Å². The number of carbonyl (C=O) groups excluding carboxylic acids is 1. The van der Waals surface area contributed by atoms with Crippen molar-refractivity contribution in [3.8, 4) is 11.3 Å². The summed E-state index contributed by atoms with van der Waals surface area (Å²) < 4.78 is 4.61. The smallest absolute Gasteiger partial charge is 0.356 e. The van der Waals surface area contributed by atoms with Gasteiger partial charge in [0.1, 0.15) is 5.69 Å². The van der Waals surface area contributed by atoms with E-state index in [1.54, 1.807) is 6.07 Å². The molecule has 0 fully saturated rings. The van der Waals surface area contributed by atoms with E-state index < -0.39 is 5.97 Å². The van der Waals surface area contributed by atoms with Crippen molar-refractivity contribution in [2.24, 2.45) is 0 Å². The van der Waals surface area contributed by atoms with Crippen LogP contribution in [0, 0.1) is 6.92 Å². The van der Waals surface area contributed by atoms with Crippen LogP contribution in [0.3, 0.4) is 0 Å². The summed E-state index contributed by atoms with van der Waals surface area (Å²) in [6.07, 6.45) is 0. The molecule has 0 radical (unpaired) electrons. The highest BCUT2D eigenvalue weighted by Crippen LogP contribution is 2.21. The fourth-order valence-electron chi connectivity index (χ4n) is 1.53. The van der Waals surface area contributed by atoms with Crippen LogP contribution in [-0.4, -0.2) is 23.3 Å². The number of nitrogens with one attached hydrogen (secondary N) is 1. The van der Waals surface area contributed by atoms with Gasteiger partial charge in [-0.05, 0) is 18.6 Å². The summed E-state index contributed by atoms with van der Waals surface area (Å²) in [5.41, 5.74) is 3.23. The van der Waals surface area contributed by atoms with Gasteiger partial charge < -0.3 is 4.74 Å². The zero-order valence-corrected chi connectivity index (χ0v) is 9.15. The highest BCUT2D eigenvalue weighted by atomic mass is 16.5. The molecule has 4 nitrogen and oxygen atoms in total. The average molecular weight is 216 g/mol. The third-order valence-electron chi connectivity index (χ3n) is 2.40. The van der Waals surface area contributed by atoms with Crippen molar-refractivity contribution in [2.75, 3.05) is 7.11 Å². The van der Waals surface area contributed by atoms with Gasteiger partial charge in [-0.2, -0.15) is 5.10 Å². The van der Waals surface area contributed by atoms with E-state index in [-0.39, 0.29) is 0 Å². The van der Waals surface area contributed by atoms with Crippen molar-refractivity contribution in [3.63, 3.8) is 0 Å². The molecule has 0 saturated carbocycles. The number of hydrogen-bond donors (Lipinski definition) is 1. The van der Waals surface area contributed by atoms with Crippen LogP contribution in [0.1, 0.15) is 16.1 Å². The molecule has 0 aliphatic heterocycles. The number of benzene rings is 1. The normalized spacial score (nSPS) is 10.1. The molecule has 0 spiro atoms. The maximum atomic E-state index is 11.2. The van der Waals surface area contributed by atoms with E-state index in [1.807, 2.05) is 31.2 Å². The molecule has 0 aliphatic rings. The highest BCUT2D eigenvalue weighted by Gasteiger charge is 2.11. The van der Waals surface area contributed by atoms with Gasteiger partial charge in [-0.25, -0.2) is 4.79 Å². The van der Waals surface area contributed by atoms with Gasteiger partial charge in [0.2, 0.25) is 0 Å². The largest absolute Gasteiger partial charge is 0.464 e. The Kier molecular flexibility index (Phi) is 2.72. The van der Waals surface area contributed by atoms with E-state index in [0.717, 1.165) is 16.8 Å². The fourth-order valence-corrected chi connectivity index (χ4v) is 1.53. The molecule has 2 aromatic rings. The molecular formula is C12H12N2O2. The minimum absolute atomic E-state index is 0.362. The second-order valence-corrected chi connectivity index (χ2v) is 3.47. The summed E-state index contributed by atoms with van der Waals surface area (Å²) in [5.74, 6) is -0.410. The first kappa shape index (κ1) is 10.4. The van der Waals surface area contributed by atoms with Crippen LogP contribution in [-0.2, 0) is 4.74 Å². The lowest BCUT2D eigenvalue weighted by atomic mass is 10.1. The Bertz CT molecular complexity index is 517. The van der Waals surface area contributed by atoms with Crippen molar-refractivity contribution in [1.82, 2.24) is 10.2 Å². The minimum Gasteiger partial charge on any atom is -0.464 e. The Morgan fingerprint density at radius 3 is 2.81 bits per heavy atom. The standard InChI is InChI=1S/C12H12N2O2/c1-8-5-3-4-6-9(8)10-7-11(14-13-10)12(15)16-2/h3-7H,1-2H3,(H,13,14).